The van der Waals surface area contributed by atoms with E-state index in [2.05, 4.69) is 31.0 Å². The van der Waals surface area contributed by atoms with Gasteiger partial charge in [-0.2, -0.15) is 10.4 Å². The largest absolute Gasteiger partial charge is 0.347 e. The third kappa shape index (κ3) is 6.08. The monoisotopic (exact) mass is 612 g/mol. The number of halogens is 1. The summed E-state index contributed by atoms with van der Waals surface area (Å²) in [5.74, 6) is -0.901. The van der Waals surface area contributed by atoms with Crippen molar-refractivity contribution in [2.75, 3.05) is 5.32 Å². The average Bonchev–Trinajstić information content (AvgIpc) is 3.57. The number of nitro groups is 1. The van der Waals surface area contributed by atoms with E-state index in [9.17, 15) is 25.0 Å². The molecule has 3 aromatic heterocycles. The lowest BCUT2D eigenvalue weighted by atomic mass is 10.0. The van der Waals surface area contributed by atoms with Crippen LogP contribution in [-0.4, -0.2) is 52.0 Å². The molecule has 0 fully saturated rings. The number of nitrogens with zero attached hydrogens (tertiary/aromatic N) is 8. The van der Waals surface area contributed by atoms with Crippen LogP contribution in [0.3, 0.4) is 0 Å². The zero-order valence-corrected chi connectivity index (χ0v) is 24.7. The summed E-state index contributed by atoms with van der Waals surface area (Å²) < 4.78 is 2.78. The molecule has 44 heavy (non-hydrogen) atoms. The van der Waals surface area contributed by atoms with Crippen molar-refractivity contribution in [1.29, 1.82) is 5.26 Å². The molecule has 0 radical (unpaired) electrons. The van der Waals surface area contributed by atoms with Crippen LogP contribution >= 0.6 is 11.6 Å². The van der Waals surface area contributed by atoms with E-state index in [0.29, 0.717) is 22.3 Å². The van der Waals surface area contributed by atoms with Crippen molar-refractivity contribution in [3.05, 3.63) is 97.9 Å². The van der Waals surface area contributed by atoms with Crippen LogP contribution < -0.4 is 10.6 Å². The van der Waals surface area contributed by atoms with Crippen molar-refractivity contribution in [2.45, 2.75) is 39.8 Å². The Hall–Kier alpha value is -5.68. The van der Waals surface area contributed by atoms with Crippen LogP contribution in [0.5, 0.6) is 0 Å². The highest BCUT2D eigenvalue weighted by Crippen LogP contribution is 2.27. The van der Waals surface area contributed by atoms with Crippen LogP contribution in [0.2, 0.25) is 5.02 Å². The number of pyridine rings is 1. The summed E-state index contributed by atoms with van der Waals surface area (Å²) in [5.41, 5.74) is 1.68. The predicted octanol–water partition coefficient (Wildman–Crippen LogP) is 4.58. The maximum absolute atomic E-state index is 13.9. The third-order valence-corrected chi connectivity index (χ3v) is 6.68. The Morgan fingerprint density at radius 2 is 1.91 bits per heavy atom. The molecule has 2 N–H and O–H groups in total. The van der Waals surface area contributed by atoms with Crippen LogP contribution in [0.4, 0.5) is 11.4 Å². The quantitative estimate of drug-likeness (QED) is 0.196. The lowest BCUT2D eigenvalue weighted by Crippen LogP contribution is -2.41. The molecule has 0 saturated heterocycles. The summed E-state index contributed by atoms with van der Waals surface area (Å²) >= 11 is 6.43. The molecule has 222 valence electrons. The summed E-state index contributed by atoms with van der Waals surface area (Å²) in [7, 11) is 0. The first-order chi connectivity index (χ1) is 20.8. The van der Waals surface area contributed by atoms with Crippen LogP contribution in [-0.2, 0) is 6.54 Å². The number of hydrogen-bond donors (Lipinski definition) is 2. The number of nitriles is 1. The molecule has 5 aromatic rings. The first kappa shape index (κ1) is 29.8. The number of amides is 2. The molecule has 15 heteroatoms. The number of carbonyl (C=O) groups is 2. The van der Waals surface area contributed by atoms with Crippen molar-refractivity contribution in [2.24, 2.45) is 0 Å². The van der Waals surface area contributed by atoms with Gasteiger partial charge in [-0.25, -0.2) is 14.3 Å². The lowest BCUT2D eigenvalue weighted by Gasteiger charge is -2.22. The minimum Gasteiger partial charge on any atom is -0.347 e. The SMILES string of the molecule is Cc1cc(C#N)cc(C(=O)NC(C)(C)C)c1NC(=O)c1cc(Cn2nnc3cc([N+](=O)[O-])ccc32)nn1-c1ncccc1Cl. The van der Waals surface area contributed by atoms with Gasteiger partial charge in [-0.15, -0.1) is 5.10 Å². The van der Waals surface area contributed by atoms with E-state index in [-0.39, 0.29) is 45.6 Å². The summed E-state index contributed by atoms with van der Waals surface area (Å²) in [6.45, 7) is 7.20. The standard InChI is InChI=1S/C29H25ClN10O4/c1-16-10-17(14-31)11-20(27(41)34-29(2,3)4)25(16)33-28(42)24-12-18(36-39(24)26-21(30)6-5-9-32-26)15-38-23-8-7-19(40(43)44)13-22(23)35-37-38/h5-13H,15H2,1-4H3,(H,33,42)(H,34,41). The van der Waals surface area contributed by atoms with Crippen molar-refractivity contribution >= 4 is 45.8 Å². The van der Waals surface area contributed by atoms with E-state index in [1.165, 1.54) is 45.9 Å². The van der Waals surface area contributed by atoms with E-state index in [4.69, 9.17) is 11.6 Å². The van der Waals surface area contributed by atoms with Gasteiger partial charge < -0.3 is 10.6 Å². The van der Waals surface area contributed by atoms with Crippen LogP contribution in [0, 0.1) is 28.4 Å². The van der Waals surface area contributed by atoms with Gasteiger partial charge in [-0.05, 0) is 69.7 Å². The van der Waals surface area contributed by atoms with Crippen molar-refractivity contribution in [1.82, 2.24) is 35.1 Å². The van der Waals surface area contributed by atoms with Crippen LogP contribution in [0.25, 0.3) is 16.9 Å². The van der Waals surface area contributed by atoms with Gasteiger partial charge in [0.2, 0.25) is 0 Å². The molecule has 5 rings (SSSR count). The van der Waals surface area contributed by atoms with Gasteiger partial charge in [0.05, 0.1) is 50.6 Å². The van der Waals surface area contributed by atoms with Crippen molar-refractivity contribution in [3.8, 4) is 11.9 Å². The van der Waals surface area contributed by atoms with Gasteiger partial charge in [-0.1, -0.05) is 16.8 Å². The fourth-order valence-corrected chi connectivity index (χ4v) is 4.69. The fourth-order valence-electron chi connectivity index (χ4n) is 4.49. The number of carbonyl (C=O) groups excluding carboxylic acids is 2. The second-order valence-corrected chi connectivity index (χ2v) is 11.3. The number of rotatable bonds is 7. The van der Waals surface area contributed by atoms with E-state index in [1.54, 1.807) is 25.1 Å². The zero-order chi connectivity index (χ0) is 31.8. The molecule has 0 unspecified atom stereocenters. The Balaban J connectivity index is 1.56. The molecule has 0 atom stereocenters. The predicted molar refractivity (Wildman–Crippen MR) is 161 cm³/mol. The molecule has 0 aliphatic heterocycles. The Bertz CT molecular complexity index is 2000. The zero-order valence-electron chi connectivity index (χ0n) is 24.0. The topological polar surface area (TPSA) is 187 Å². The Kier molecular flexibility index (Phi) is 7.81. The smallest absolute Gasteiger partial charge is 0.274 e. The first-order valence-electron chi connectivity index (χ1n) is 13.2. The highest BCUT2D eigenvalue weighted by molar-refractivity contribution is 6.32. The van der Waals surface area contributed by atoms with E-state index < -0.39 is 22.3 Å². The maximum Gasteiger partial charge on any atom is 0.274 e. The molecular weight excluding hydrogens is 588 g/mol. The lowest BCUT2D eigenvalue weighted by molar-refractivity contribution is -0.384. The minimum atomic E-state index is -0.623. The van der Waals surface area contributed by atoms with Crippen LogP contribution in [0.1, 0.15) is 58.4 Å². The maximum atomic E-state index is 13.9. The molecule has 3 heterocycles. The van der Waals surface area contributed by atoms with Gasteiger partial charge in [0.25, 0.3) is 17.5 Å². The normalized spacial score (nSPS) is 11.3. The molecule has 2 amide bonds. The highest BCUT2D eigenvalue weighted by Gasteiger charge is 2.25. The minimum absolute atomic E-state index is 0.0478. The Morgan fingerprint density at radius 1 is 1.14 bits per heavy atom. The molecule has 0 aliphatic carbocycles. The number of hydrogen-bond acceptors (Lipinski definition) is 9. The average molecular weight is 613 g/mol. The number of nitrogens with one attached hydrogen (secondary N) is 2. The van der Waals surface area contributed by atoms with E-state index >= 15 is 0 Å². The van der Waals surface area contributed by atoms with Crippen molar-refractivity contribution in [3.63, 3.8) is 0 Å². The number of anilines is 1. The summed E-state index contributed by atoms with van der Waals surface area (Å²) in [6.07, 6.45) is 1.50. The molecule has 0 aliphatic rings. The highest BCUT2D eigenvalue weighted by atomic mass is 35.5. The molecule has 14 nitrogen and oxygen atoms in total. The fraction of sp³-hybridized carbons (Fsp3) is 0.207. The number of nitro benzene ring substituents is 1. The number of aryl methyl sites for hydroxylation is 1. The Labute approximate surface area is 255 Å². The summed E-state index contributed by atoms with van der Waals surface area (Å²) in [5, 5.41) is 39.3. The second-order valence-electron chi connectivity index (χ2n) is 10.9. The number of non-ortho nitro benzene ring substituents is 1. The summed E-state index contributed by atoms with van der Waals surface area (Å²) in [6, 6.07) is 14.0. The first-order valence-corrected chi connectivity index (χ1v) is 13.6. The molecule has 0 saturated carbocycles. The third-order valence-electron chi connectivity index (χ3n) is 6.39. The number of aromatic nitrogens is 6. The van der Waals surface area contributed by atoms with Gasteiger partial charge in [0.1, 0.15) is 11.2 Å². The van der Waals surface area contributed by atoms with Gasteiger partial charge in [0.15, 0.2) is 5.82 Å². The molecular formula is C29H25ClN10O4. The molecule has 0 bridgehead atoms. The Morgan fingerprint density at radius 3 is 2.59 bits per heavy atom. The number of fused-ring (bicyclic) bond motifs is 1. The van der Waals surface area contributed by atoms with Gasteiger partial charge >= 0.3 is 0 Å². The number of benzene rings is 2. The second kappa shape index (κ2) is 11.5. The van der Waals surface area contributed by atoms with Gasteiger partial charge in [0, 0.05) is 23.9 Å². The van der Waals surface area contributed by atoms with E-state index in [0.717, 1.165) is 0 Å². The molecule has 0 spiro atoms. The summed E-state index contributed by atoms with van der Waals surface area (Å²) in [4.78, 5) is 42.0. The van der Waals surface area contributed by atoms with Crippen molar-refractivity contribution < 1.29 is 14.5 Å². The molecule has 2 aromatic carbocycles. The van der Waals surface area contributed by atoms with E-state index in [1.807, 2.05) is 26.8 Å². The van der Waals surface area contributed by atoms with Crippen LogP contribution in [0.15, 0.2) is 54.7 Å². The van der Waals surface area contributed by atoms with Gasteiger partial charge in [-0.3, -0.25) is 19.7 Å².